The largest absolute Gasteiger partial charge is 0.477 e. The van der Waals surface area contributed by atoms with Gasteiger partial charge in [0.2, 0.25) is 5.91 Å². The molecule has 1 aromatic heterocycles. The summed E-state index contributed by atoms with van der Waals surface area (Å²) in [5.41, 5.74) is 5.39. The molecule has 2 rings (SSSR count). The van der Waals surface area contributed by atoms with E-state index in [1.807, 2.05) is 0 Å². The van der Waals surface area contributed by atoms with Crippen molar-refractivity contribution in [3.05, 3.63) is 23.5 Å². The normalized spacial score (nSPS) is 21.8. The molecule has 0 atom stereocenters. The van der Waals surface area contributed by atoms with Crippen LogP contribution in [0.5, 0.6) is 0 Å². The molecule has 0 bridgehead atoms. The van der Waals surface area contributed by atoms with E-state index >= 15 is 0 Å². The second kappa shape index (κ2) is 6.69. The summed E-state index contributed by atoms with van der Waals surface area (Å²) in [6.45, 7) is -0.0691. The van der Waals surface area contributed by atoms with Gasteiger partial charge in [0, 0.05) is 12.2 Å². The summed E-state index contributed by atoms with van der Waals surface area (Å²) in [5, 5.41) is 17.2. The van der Waals surface area contributed by atoms with Gasteiger partial charge in [0.15, 0.2) is 0 Å². The van der Waals surface area contributed by atoms with Crippen molar-refractivity contribution < 1.29 is 23.1 Å². The molecule has 23 heavy (non-hydrogen) atoms. The van der Waals surface area contributed by atoms with Crippen molar-refractivity contribution in [3.63, 3.8) is 0 Å². The van der Waals surface area contributed by atoms with Gasteiger partial charge < -0.3 is 16.2 Å². The predicted molar refractivity (Wildman–Crippen MR) is 82.1 cm³/mol. The Hall–Kier alpha value is -1.91. The zero-order valence-corrected chi connectivity index (χ0v) is 13.3. The van der Waals surface area contributed by atoms with Crippen molar-refractivity contribution in [1.29, 1.82) is 0 Å². The standard InChI is InChI=1S/C13H20N4O5S/c14-7-11(18)16-9-3-1-8(2-4-9)10-5-6-17(23(15,21)22)12(10)13(19)20/h5-6,8-9H,1-4,7,14H2,(H,16,18)(H,19,20)(H2,15,21,22)/t8-,9+. The number of hydrogen-bond donors (Lipinski definition) is 4. The van der Waals surface area contributed by atoms with Crippen LogP contribution in [-0.2, 0) is 15.0 Å². The van der Waals surface area contributed by atoms with E-state index in [1.54, 1.807) is 0 Å². The Morgan fingerprint density at radius 3 is 2.39 bits per heavy atom. The lowest BCUT2D eigenvalue weighted by atomic mass is 9.81. The highest BCUT2D eigenvalue weighted by molar-refractivity contribution is 7.87. The third-order valence-electron chi connectivity index (χ3n) is 4.08. The summed E-state index contributed by atoms with van der Waals surface area (Å²) in [4.78, 5) is 22.7. The maximum Gasteiger partial charge on any atom is 0.353 e. The number of aromatic nitrogens is 1. The van der Waals surface area contributed by atoms with E-state index in [4.69, 9.17) is 10.9 Å². The number of rotatable bonds is 5. The SMILES string of the molecule is NCC(=O)N[C@H]1CC[C@@H](c2ccn(S(N)(=O)=O)c2C(=O)O)CC1. The molecule has 1 fully saturated rings. The minimum absolute atomic E-state index is 0.0101. The highest BCUT2D eigenvalue weighted by atomic mass is 32.2. The molecule has 0 radical (unpaired) electrons. The summed E-state index contributed by atoms with van der Waals surface area (Å²) in [5.74, 6) is -1.65. The number of nitrogens with two attached hydrogens (primary N) is 2. The van der Waals surface area contributed by atoms with Gasteiger partial charge in [-0.25, -0.2) is 13.9 Å². The number of carboxylic acid groups (broad SMARTS) is 1. The van der Waals surface area contributed by atoms with Crippen molar-refractivity contribution in [2.24, 2.45) is 10.9 Å². The van der Waals surface area contributed by atoms with Gasteiger partial charge in [-0.15, -0.1) is 0 Å². The molecule has 0 spiro atoms. The Kier molecular flexibility index (Phi) is 5.07. The number of carbonyl (C=O) groups excluding carboxylic acids is 1. The fraction of sp³-hybridized carbons (Fsp3) is 0.538. The van der Waals surface area contributed by atoms with E-state index < -0.39 is 16.2 Å². The maximum absolute atomic E-state index is 11.5. The molecule has 1 heterocycles. The number of nitrogens with zero attached hydrogens (tertiary/aromatic N) is 1. The van der Waals surface area contributed by atoms with Crippen LogP contribution in [0.15, 0.2) is 12.3 Å². The van der Waals surface area contributed by atoms with Crippen molar-refractivity contribution in [2.75, 3.05) is 6.54 Å². The van der Waals surface area contributed by atoms with Crippen LogP contribution < -0.4 is 16.2 Å². The van der Waals surface area contributed by atoms with Crippen molar-refractivity contribution in [1.82, 2.24) is 9.29 Å². The van der Waals surface area contributed by atoms with Crippen LogP contribution in [0, 0.1) is 0 Å². The van der Waals surface area contributed by atoms with Crippen molar-refractivity contribution in [2.45, 2.75) is 37.6 Å². The van der Waals surface area contributed by atoms with Gasteiger partial charge in [-0.3, -0.25) is 4.79 Å². The van der Waals surface area contributed by atoms with Gasteiger partial charge in [0.1, 0.15) is 5.69 Å². The Morgan fingerprint density at radius 2 is 1.91 bits per heavy atom. The predicted octanol–water partition coefficient (Wildman–Crippen LogP) is -0.661. The Labute approximate surface area is 133 Å². The molecule has 10 heteroatoms. The molecular weight excluding hydrogens is 324 g/mol. The van der Waals surface area contributed by atoms with Crippen LogP contribution in [-0.4, -0.2) is 42.0 Å². The third-order valence-corrected chi connectivity index (χ3v) is 4.93. The number of hydrogen-bond acceptors (Lipinski definition) is 5. The first-order valence-electron chi connectivity index (χ1n) is 7.21. The van der Waals surface area contributed by atoms with Gasteiger partial charge in [-0.2, -0.15) is 8.42 Å². The Bertz CT molecular complexity index is 704. The highest BCUT2D eigenvalue weighted by Crippen LogP contribution is 2.35. The van der Waals surface area contributed by atoms with Crippen LogP contribution in [0.25, 0.3) is 0 Å². The molecule has 1 amide bonds. The lowest BCUT2D eigenvalue weighted by molar-refractivity contribution is -0.120. The molecule has 9 nitrogen and oxygen atoms in total. The monoisotopic (exact) mass is 344 g/mol. The van der Waals surface area contributed by atoms with Gasteiger partial charge in [0.05, 0.1) is 6.54 Å². The van der Waals surface area contributed by atoms with E-state index in [2.05, 4.69) is 5.32 Å². The number of nitrogens with one attached hydrogen (secondary N) is 1. The van der Waals surface area contributed by atoms with Crippen LogP contribution in [0.4, 0.5) is 0 Å². The fourth-order valence-corrected chi connectivity index (χ4v) is 3.69. The molecule has 1 saturated carbocycles. The Balaban J connectivity index is 2.17. The van der Waals surface area contributed by atoms with E-state index in [-0.39, 0.29) is 30.1 Å². The zero-order chi connectivity index (χ0) is 17.2. The number of aromatic carboxylic acids is 1. The molecule has 6 N–H and O–H groups in total. The number of carbonyl (C=O) groups is 2. The topological polar surface area (TPSA) is 158 Å². The fourth-order valence-electron chi connectivity index (χ4n) is 3.02. The van der Waals surface area contributed by atoms with Crippen molar-refractivity contribution >= 4 is 22.1 Å². The molecule has 0 aromatic carbocycles. The average Bonchev–Trinajstić information content (AvgIpc) is 2.93. The summed E-state index contributed by atoms with van der Waals surface area (Å²) < 4.78 is 23.5. The van der Waals surface area contributed by atoms with Crippen LogP contribution in [0.2, 0.25) is 0 Å². The molecular formula is C13H20N4O5S. The quantitative estimate of drug-likeness (QED) is 0.555. The first kappa shape index (κ1) is 17.4. The lowest BCUT2D eigenvalue weighted by Gasteiger charge is -2.29. The summed E-state index contributed by atoms with van der Waals surface area (Å²) >= 11 is 0. The first-order valence-corrected chi connectivity index (χ1v) is 8.71. The second-order valence-electron chi connectivity index (χ2n) is 5.59. The Morgan fingerprint density at radius 1 is 1.30 bits per heavy atom. The molecule has 1 aliphatic carbocycles. The maximum atomic E-state index is 11.5. The molecule has 1 aromatic rings. The summed E-state index contributed by atoms with van der Waals surface area (Å²) in [7, 11) is -4.16. The second-order valence-corrected chi connectivity index (χ2v) is 7.01. The molecule has 0 aliphatic heterocycles. The first-order chi connectivity index (χ1) is 10.7. The lowest BCUT2D eigenvalue weighted by Crippen LogP contribution is -2.40. The highest BCUT2D eigenvalue weighted by Gasteiger charge is 2.30. The summed E-state index contributed by atoms with van der Waals surface area (Å²) in [6, 6.07) is 1.49. The summed E-state index contributed by atoms with van der Waals surface area (Å²) in [6.07, 6.45) is 3.80. The zero-order valence-electron chi connectivity index (χ0n) is 12.4. The van der Waals surface area contributed by atoms with Gasteiger partial charge in [-0.1, -0.05) is 0 Å². The average molecular weight is 344 g/mol. The van der Waals surface area contributed by atoms with Gasteiger partial charge >= 0.3 is 16.2 Å². The van der Waals surface area contributed by atoms with E-state index in [9.17, 15) is 23.1 Å². The van der Waals surface area contributed by atoms with Gasteiger partial charge in [0.25, 0.3) is 0 Å². The van der Waals surface area contributed by atoms with Crippen LogP contribution >= 0.6 is 0 Å². The molecule has 1 aliphatic rings. The third kappa shape index (κ3) is 3.89. The molecule has 0 unspecified atom stereocenters. The minimum atomic E-state index is -4.16. The molecule has 0 saturated heterocycles. The number of carboxylic acids is 1. The van der Waals surface area contributed by atoms with Crippen LogP contribution in [0.1, 0.15) is 47.7 Å². The van der Waals surface area contributed by atoms with Crippen molar-refractivity contribution in [3.8, 4) is 0 Å². The van der Waals surface area contributed by atoms with E-state index in [1.165, 1.54) is 6.07 Å². The van der Waals surface area contributed by atoms with E-state index in [0.29, 0.717) is 35.2 Å². The van der Waals surface area contributed by atoms with E-state index in [0.717, 1.165) is 6.20 Å². The number of amides is 1. The molecule has 128 valence electrons. The van der Waals surface area contributed by atoms with Gasteiger partial charge in [-0.05, 0) is 43.2 Å². The smallest absolute Gasteiger partial charge is 0.353 e. The minimum Gasteiger partial charge on any atom is -0.477 e. The van der Waals surface area contributed by atoms with Crippen LogP contribution in [0.3, 0.4) is 0 Å².